The Bertz CT molecular complexity index is 418. The van der Waals surface area contributed by atoms with Crippen molar-refractivity contribution in [1.82, 2.24) is 10.2 Å². The molecule has 2 aliphatic rings. The normalized spacial score (nSPS) is 28.6. The molecule has 2 saturated heterocycles. The summed E-state index contributed by atoms with van der Waals surface area (Å²) in [6.45, 7) is 2.87. The maximum absolute atomic E-state index is 12.0. The number of hydrogen-bond acceptors (Lipinski definition) is 2. The van der Waals surface area contributed by atoms with E-state index in [9.17, 15) is 4.79 Å². The van der Waals surface area contributed by atoms with E-state index in [1.54, 1.807) is 0 Å². The molecule has 3 heteroatoms. The molecule has 0 spiro atoms. The molecule has 0 saturated carbocycles. The molecule has 2 heterocycles. The fraction of sp³-hybridized carbons (Fsp3) is 0.533. The van der Waals surface area contributed by atoms with Crippen molar-refractivity contribution >= 4 is 5.91 Å². The van der Waals surface area contributed by atoms with E-state index >= 15 is 0 Å². The highest BCUT2D eigenvalue weighted by Gasteiger charge is 2.32. The third-order valence-corrected chi connectivity index (χ3v) is 4.03. The summed E-state index contributed by atoms with van der Waals surface area (Å²) in [7, 11) is 0. The maximum Gasteiger partial charge on any atom is 0.224 e. The van der Waals surface area contributed by atoms with Crippen LogP contribution < -0.4 is 5.32 Å². The van der Waals surface area contributed by atoms with Crippen molar-refractivity contribution in [2.75, 3.05) is 13.1 Å². The largest absolute Gasteiger partial charge is 0.352 e. The monoisotopic (exact) mass is 244 g/mol. The van der Waals surface area contributed by atoms with Crippen LogP contribution in [-0.2, 0) is 11.3 Å². The van der Waals surface area contributed by atoms with Gasteiger partial charge in [-0.25, -0.2) is 0 Å². The minimum atomic E-state index is 0.196. The van der Waals surface area contributed by atoms with Crippen LogP contribution in [-0.4, -0.2) is 29.9 Å². The van der Waals surface area contributed by atoms with Crippen LogP contribution >= 0.6 is 0 Å². The lowest BCUT2D eigenvalue weighted by Gasteiger charge is -2.27. The van der Waals surface area contributed by atoms with Crippen molar-refractivity contribution in [1.29, 1.82) is 0 Å². The molecule has 0 aliphatic carbocycles. The first-order valence-corrected chi connectivity index (χ1v) is 6.88. The van der Waals surface area contributed by atoms with Crippen molar-refractivity contribution < 1.29 is 4.79 Å². The van der Waals surface area contributed by atoms with Crippen LogP contribution in [0.25, 0.3) is 0 Å². The Hall–Kier alpha value is -1.35. The SMILES string of the molecule is O=C1N[C@H]2CCC[C@H]1CN(Cc1ccccc1)C2. The fourth-order valence-electron chi connectivity index (χ4n) is 3.11. The molecular formula is C15H20N2O. The molecular weight excluding hydrogens is 224 g/mol. The molecule has 2 bridgehead atoms. The molecule has 1 amide bonds. The summed E-state index contributed by atoms with van der Waals surface area (Å²) in [5, 5.41) is 3.18. The van der Waals surface area contributed by atoms with Gasteiger partial charge in [-0.05, 0) is 18.4 Å². The molecule has 18 heavy (non-hydrogen) atoms. The first kappa shape index (κ1) is 11.7. The highest BCUT2D eigenvalue weighted by Crippen LogP contribution is 2.22. The Morgan fingerprint density at radius 2 is 2.00 bits per heavy atom. The summed E-state index contributed by atoms with van der Waals surface area (Å²) in [4.78, 5) is 14.4. The Kier molecular flexibility index (Phi) is 3.33. The highest BCUT2D eigenvalue weighted by molar-refractivity contribution is 5.79. The van der Waals surface area contributed by atoms with E-state index in [1.165, 1.54) is 12.0 Å². The molecule has 3 nitrogen and oxygen atoms in total. The Morgan fingerprint density at radius 3 is 2.83 bits per heavy atom. The number of amides is 1. The number of likely N-dealkylation sites (tertiary alicyclic amines) is 1. The average molecular weight is 244 g/mol. The number of nitrogens with one attached hydrogen (secondary N) is 1. The number of nitrogens with zero attached hydrogens (tertiary/aromatic N) is 1. The molecule has 1 aromatic rings. The highest BCUT2D eigenvalue weighted by atomic mass is 16.2. The molecule has 1 aromatic carbocycles. The molecule has 3 rings (SSSR count). The molecule has 1 N–H and O–H groups in total. The van der Waals surface area contributed by atoms with E-state index in [-0.39, 0.29) is 11.8 Å². The molecule has 0 aromatic heterocycles. The summed E-state index contributed by atoms with van der Waals surface area (Å²) in [6, 6.07) is 10.9. The van der Waals surface area contributed by atoms with Crippen LogP contribution in [0.3, 0.4) is 0 Å². The van der Waals surface area contributed by atoms with Gasteiger partial charge in [0.15, 0.2) is 0 Å². The Labute approximate surface area is 108 Å². The Morgan fingerprint density at radius 1 is 1.17 bits per heavy atom. The van der Waals surface area contributed by atoms with Gasteiger partial charge >= 0.3 is 0 Å². The summed E-state index contributed by atoms with van der Waals surface area (Å²) in [5.74, 6) is 0.467. The summed E-state index contributed by atoms with van der Waals surface area (Å²) >= 11 is 0. The lowest BCUT2D eigenvalue weighted by molar-refractivity contribution is -0.124. The van der Waals surface area contributed by atoms with Crippen molar-refractivity contribution in [3.05, 3.63) is 35.9 Å². The summed E-state index contributed by atoms with van der Waals surface area (Å²) in [5.41, 5.74) is 1.34. The van der Waals surface area contributed by atoms with Crippen molar-refractivity contribution in [3.8, 4) is 0 Å². The van der Waals surface area contributed by atoms with Gasteiger partial charge in [-0.2, -0.15) is 0 Å². The first-order valence-electron chi connectivity index (χ1n) is 6.88. The Balaban J connectivity index is 1.72. The van der Waals surface area contributed by atoms with Crippen molar-refractivity contribution in [2.45, 2.75) is 31.8 Å². The van der Waals surface area contributed by atoms with Gasteiger partial charge in [0.2, 0.25) is 5.91 Å². The summed E-state index contributed by atoms with van der Waals surface area (Å²) < 4.78 is 0. The van der Waals surface area contributed by atoms with Gasteiger partial charge in [-0.3, -0.25) is 9.69 Å². The van der Waals surface area contributed by atoms with E-state index in [1.807, 2.05) is 6.07 Å². The maximum atomic E-state index is 12.0. The molecule has 2 atom stereocenters. The predicted molar refractivity (Wildman–Crippen MR) is 71.0 cm³/mol. The molecule has 96 valence electrons. The third-order valence-electron chi connectivity index (χ3n) is 4.03. The van der Waals surface area contributed by atoms with E-state index in [0.717, 1.165) is 32.5 Å². The fourth-order valence-corrected chi connectivity index (χ4v) is 3.11. The third kappa shape index (κ3) is 2.56. The van der Waals surface area contributed by atoms with Crippen LogP contribution in [0.4, 0.5) is 0 Å². The van der Waals surface area contributed by atoms with E-state index in [4.69, 9.17) is 0 Å². The van der Waals surface area contributed by atoms with Crippen LogP contribution in [0, 0.1) is 5.92 Å². The average Bonchev–Trinajstić information content (AvgIpc) is 2.59. The number of hydrogen-bond donors (Lipinski definition) is 1. The molecule has 2 aliphatic heterocycles. The van der Waals surface area contributed by atoms with E-state index in [2.05, 4.69) is 34.5 Å². The van der Waals surface area contributed by atoms with Gasteiger partial charge in [-0.1, -0.05) is 36.8 Å². The smallest absolute Gasteiger partial charge is 0.224 e. The minimum absolute atomic E-state index is 0.196. The zero-order valence-electron chi connectivity index (χ0n) is 10.6. The zero-order valence-corrected chi connectivity index (χ0v) is 10.6. The minimum Gasteiger partial charge on any atom is -0.352 e. The molecule has 0 radical (unpaired) electrons. The zero-order chi connectivity index (χ0) is 12.4. The lowest BCUT2D eigenvalue weighted by Crippen LogP contribution is -2.38. The van der Waals surface area contributed by atoms with Crippen LogP contribution in [0.1, 0.15) is 24.8 Å². The molecule has 2 fully saturated rings. The number of carbonyl (C=O) groups excluding carboxylic acids is 1. The number of rotatable bonds is 2. The van der Waals surface area contributed by atoms with Crippen molar-refractivity contribution in [2.24, 2.45) is 5.92 Å². The van der Waals surface area contributed by atoms with E-state index in [0.29, 0.717) is 6.04 Å². The van der Waals surface area contributed by atoms with Crippen LogP contribution in [0.5, 0.6) is 0 Å². The van der Waals surface area contributed by atoms with Gasteiger partial charge in [0.05, 0.1) is 5.92 Å². The number of benzene rings is 1. The van der Waals surface area contributed by atoms with Crippen molar-refractivity contribution in [3.63, 3.8) is 0 Å². The number of fused-ring (bicyclic) bond motifs is 3. The van der Waals surface area contributed by atoms with Crippen LogP contribution in [0.2, 0.25) is 0 Å². The quantitative estimate of drug-likeness (QED) is 0.860. The second-order valence-electron chi connectivity index (χ2n) is 5.51. The van der Waals surface area contributed by atoms with Crippen LogP contribution in [0.15, 0.2) is 30.3 Å². The van der Waals surface area contributed by atoms with Gasteiger partial charge in [-0.15, -0.1) is 0 Å². The second-order valence-corrected chi connectivity index (χ2v) is 5.51. The first-order chi connectivity index (χ1) is 8.81. The number of carbonyl (C=O) groups is 1. The topological polar surface area (TPSA) is 32.3 Å². The lowest BCUT2D eigenvalue weighted by atomic mass is 9.99. The van der Waals surface area contributed by atoms with Gasteiger partial charge in [0, 0.05) is 25.7 Å². The molecule has 0 unspecified atom stereocenters. The second kappa shape index (κ2) is 5.11. The standard InChI is InChI=1S/C15H20N2O/c18-15-13-7-4-8-14(16-15)11-17(10-13)9-12-5-2-1-3-6-12/h1-3,5-6,13-14H,4,7-11H2,(H,16,18)/t13-,14-/m0/s1. The van der Waals surface area contributed by atoms with E-state index < -0.39 is 0 Å². The van der Waals surface area contributed by atoms with Gasteiger partial charge < -0.3 is 5.32 Å². The summed E-state index contributed by atoms with van der Waals surface area (Å²) in [6.07, 6.45) is 3.37. The van der Waals surface area contributed by atoms with Gasteiger partial charge in [0.1, 0.15) is 0 Å². The van der Waals surface area contributed by atoms with Gasteiger partial charge in [0.25, 0.3) is 0 Å². The predicted octanol–water partition coefficient (Wildman–Crippen LogP) is 1.79.